The summed E-state index contributed by atoms with van der Waals surface area (Å²) < 4.78 is 46.3. The first-order valence-electron chi connectivity index (χ1n) is 13.6. The van der Waals surface area contributed by atoms with Gasteiger partial charge in [-0.3, -0.25) is 4.79 Å². The number of methoxy groups -OCH3 is 1. The summed E-state index contributed by atoms with van der Waals surface area (Å²) in [6.07, 6.45) is 6.39. The van der Waals surface area contributed by atoms with Crippen LogP contribution in [-0.4, -0.2) is 86.2 Å². The number of hydrogen-bond acceptors (Lipinski definition) is 9. The smallest absolute Gasteiger partial charge is 0.318 e. The van der Waals surface area contributed by atoms with E-state index in [9.17, 15) is 18.4 Å². The van der Waals surface area contributed by atoms with E-state index in [1.54, 1.807) is 12.3 Å². The van der Waals surface area contributed by atoms with Crippen LogP contribution in [0.5, 0.6) is 0 Å². The van der Waals surface area contributed by atoms with E-state index in [0.717, 1.165) is 30.6 Å². The lowest BCUT2D eigenvalue weighted by atomic mass is 10.1. The Bertz CT molecular complexity index is 1450. The van der Waals surface area contributed by atoms with Crippen molar-refractivity contribution in [1.29, 1.82) is 0 Å². The van der Waals surface area contributed by atoms with Gasteiger partial charge >= 0.3 is 6.03 Å². The average molecular weight is 575 g/mol. The zero-order valence-corrected chi connectivity index (χ0v) is 23.0. The van der Waals surface area contributed by atoms with E-state index in [0.29, 0.717) is 22.6 Å². The lowest BCUT2D eigenvalue weighted by molar-refractivity contribution is -0.0509. The van der Waals surface area contributed by atoms with Crippen LogP contribution >= 0.6 is 0 Å². The van der Waals surface area contributed by atoms with Crippen molar-refractivity contribution in [3.8, 4) is 0 Å². The van der Waals surface area contributed by atoms with Gasteiger partial charge in [0.15, 0.2) is 11.3 Å². The summed E-state index contributed by atoms with van der Waals surface area (Å²) in [5, 5.41) is 17.4. The molecule has 220 valence electrons. The lowest BCUT2D eigenvalue weighted by Gasteiger charge is -2.38. The van der Waals surface area contributed by atoms with Crippen molar-refractivity contribution in [3.05, 3.63) is 41.1 Å². The molecular weight excluding hydrogens is 542 g/mol. The number of amides is 3. The summed E-state index contributed by atoms with van der Waals surface area (Å²) in [6, 6.07) is -0.441. The maximum absolute atomic E-state index is 14.2. The number of carbonyl (C=O) groups is 2. The third-order valence-corrected chi connectivity index (χ3v) is 7.80. The van der Waals surface area contributed by atoms with Gasteiger partial charge in [0.25, 0.3) is 11.8 Å². The molecule has 3 aromatic rings. The highest BCUT2D eigenvalue weighted by Gasteiger charge is 2.44. The molecular formula is C26H32F2N8O5. The number of aromatic nitrogens is 5. The standard InChI is InChI=1S/C26H32F2N8O5/c1-14(40-25(2)6-7-25)20(32-23(37)22-21(15-4-5-15)33-41-34-22)17-10-36-19(31-17)8-16(9-30-36)18(11-39-3)35-13-26(27,28)12-29-24(35)38/h8-10,14-15,18,20H,4-7,11-13H2,1-3H3,(H,29,38)(H,32,37). The minimum absolute atomic E-state index is 0.0217. The number of halogens is 2. The number of imidazole rings is 1. The second-order valence-electron chi connectivity index (χ2n) is 11.4. The molecule has 3 fully saturated rings. The van der Waals surface area contributed by atoms with Crippen LogP contribution in [0.15, 0.2) is 23.1 Å². The van der Waals surface area contributed by atoms with Crippen LogP contribution in [0.3, 0.4) is 0 Å². The molecule has 2 N–H and O–H groups in total. The predicted molar refractivity (Wildman–Crippen MR) is 137 cm³/mol. The zero-order valence-electron chi connectivity index (χ0n) is 23.0. The van der Waals surface area contributed by atoms with E-state index in [-0.39, 0.29) is 23.8 Å². The molecule has 3 atom stereocenters. The van der Waals surface area contributed by atoms with Gasteiger partial charge in [-0.15, -0.1) is 0 Å². The second-order valence-corrected chi connectivity index (χ2v) is 11.4. The van der Waals surface area contributed by atoms with Crippen LogP contribution in [0.25, 0.3) is 5.65 Å². The lowest BCUT2D eigenvalue weighted by Crippen LogP contribution is -2.58. The largest absolute Gasteiger partial charge is 0.382 e. The predicted octanol–water partition coefficient (Wildman–Crippen LogP) is 2.77. The van der Waals surface area contributed by atoms with Gasteiger partial charge in [-0.2, -0.15) is 5.10 Å². The van der Waals surface area contributed by atoms with E-state index in [1.165, 1.54) is 17.8 Å². The molecule has 15 heteroatoms. The minimum Gasteiger partial charge on any atom is -0.382 e. The molecule has 0 bridgehead atoms. The van der Waals surface area contributed by atoms with Crippen LogP contribution in [0, 0.1) is 0 Å². The number of carbonyl (C=O) groups excluding carboxylic acids is 2. The van der Waals surface area contributed by atoms with Crippen molar-refractivity contribution in [2.75, 3.05) is 26.8 Å². The van der Waals surface area contributed by atoms with Gasteiger partial charge in [-0.05, 0) is 50.8 Å². The number of fused-ring (bicyclic) bond motifs is 1. The van der Waals surface area contributed by atoms with Crippen LogP contribution in [0.4, 0.5) is 13.6 Å². The Hall–Kier alpha value is -3.72. The summed E-state index contributed by atoms with van der Waals surface area (Å²) in [6.45, 7) is 2.39. The van der Waals surface area contributed by atoms with Gasteiger partial charge < -0.3 is 25.0 Å². The summed E-state index contributed by atoms with van der Waals surface area (Å²) in [4.78, 5) is 31.6. The Balaban J connectivity index is 1.30. The van der Waals surface area contributed by atoms with Gasteiger partial charge in [0, 0.05) is 18.6 Å². The van der Waals surface area contributed by atoms with E-state index in [1.807, 2.05) is 13.8 Å². The molecule has 41 heavy (non-hydrogen) atoms. The summed E-state index contributed by atoms with van der Waals surface area (Å²) >= 11 is 0. The summed E-state index contributed by atoms with van der Waals surface area (Å²) in [5.74, 6) is -3.37. The SMILES string of the molecule is COCC(c1cnn2cc(C(NC(=O)c3nonc3C3CC3)C(C)OC3(C)CC3)nc2c1)N1CC(F)(F)CNC1=O. The van der Waals surface area contributed by atoms with Gasteiger partial charge in [-0.1, -0.05) is 5.16 Å². The van der Waals surface area contributed by atoms with Crippen LogP contribution < -0.4 is 10.6 Å². The first-order valence-corrected chi connectivity index (χ1v) is 13.6. The third-order valence-electron chi connectivity index (χ3n) is 7.80. The minimum atomic E-state index is -3.09. The van der Waals surface area contributed by atoms with E-state index < -0.39 is 49.1 Å². The molecule has 4 heterocycles. The molecule has 2 saturated carbocycles. The van der Waals surface area contributed by atoms with Crippen LogP contribution in [0.2, 0.25) is 0 Å². The summed E-state index contributed by atoms with van der Waals surface area (Å²) in [5.41, 5.74) is 1.77. The highest BCUT2D eigenvalue weighted by atomic mass is 19.3. The molecule has 2 aliphatic carbocycles. The molecule has 0 aromatic carbocycles. The number of rotatable bonds is 11. The summed E-state index contributed by atoms with van der Waals surface area (Å²) in [7, 11) is 1.43. The maximum atomic E-state index is 14.2. The zero-order chi connectivity index (χ0) is 28.9. The van der Waals surface area contributed by atoms with Crippen molar-refractivity contribution in [2.24, 2.45) is 0 Å². The van der Waals surface area contributed by atoms with Gasteiger partial charge in [-0.25, -0.2) is 27.7 Å². The normalized spacial score (nSPS) is 21.8. The average Bonchev–Trinajstić information content (AvgIpc) is 3.81. The fraction of sp³-hybridized carbons (Fsp3) is 0.615. The number of hydrogen-bond donors (Lipinski definition) is 2. The first-order chi connectivity index (χ1) is 19.6. The van der Waals surface area contributed by atoms with Crippen LogP contribution in [-0.2, 0) is 9.47 Å². The van der Waals surface area contributed by atoms with Crippen molar-refractivity contribution < 1.29 is 32.5 Å². The Labute approximate surface area is 233 Å². The Morgan fingerprint density at radius 2 is 2.10 bits per heavy atom. The maximum Gasteiger partial charge on any atom is 0.318 e. The quantitative estimate of drug-likeness (QED) is 0.353. The molecule has 6 rings (SSSR count). The van der Waals surface area contributed by atoms with E-state index >= 15 is 0 Å². The van der Waals surface area contributed by atoms with Gasteiger partial charge in [0.05, 0.1) is 61.6 Å². The Morgan fingerprint density at radius 1 is 1.32 bits per heavy atom. The second kappa shape index (κ2) is 10.3. The van der Waals surface area contributed by atoms with Crippen molar-refractivity contribution in [2.45, 2.75) is 75.2 Å². The Morgan fingerprint density at radius 3 is 2.80 bits per heavy atom. The first kappa shape index (κ1) is 27.4. The fourth-order valence-electron chi connectivity index (χ4n) is 5.13. The number of ether oxygens (including phenoxy) is 2. The van der Waals surface area contributed by atoms with Gasteiger partial charge in [0.1, 0.15) is 5.69 Å². The fourth-order valence-corrected chi connectivity index (χ4v) is 5.13. The molecule has 0 radical (unpaired) electrons. The molecule has 1 saturated heterocycles. The molecule has 3 aromatic heterocycles. The highest BCUT2D eigenvalue weighted by molar-refractivity contribution is 5.93. The van der Waals surface area contributed by atoms with Crippen molar-refractivity contribution >= 4 is 17.6 Å². The topological polar surface area (TPSA) is 149 Å². The molecule has 3 amide bonds. The van der Waals surface area contributed by atoms with Crippen molar-refractivity contribution in [1.82, 2.24) is 40.4 Å². The number of nitrogens with one attached hydrogen (secondary N) is 2. The van der Waals surface area contributed by atoms with Crippen LogP contribution in [0.1, 0.15) is 85.0 Å². The molecule has 3 aliphatic rings. The molecule has 3 unspecified atom stereocenters. The Kier molecular flexibility index (Phi) is 6.88. The number of alkyl halides is 2. The molecule has 13 nitrogen and oxygen atoms in total. The van der Waals surface area contributed by atoms with Gasteiger partial charge in [0.2, 0.25) is 0 Å². The molecule has 1 aliphatic heterocycles. The highest BCUT2D eigenvalue weighted by Crippen LogP contribution is 2.42. The molecule has 0 spiro atoms. The third kappa shape index (κ3) is 5.73. The van der Waals surface area contributed by atoms with Crippen molar-refractivity contribution in [3.63, 3.8) is 0 Å². The number of nitrogens with zero attached hydrogens (tertiary/aromatic N) is 6. The van der Waals surface area contributed by atoms with E-state index in [4.69, 9.17) is 19.1 Å². The van der Waals surface area contributed by atoms with E-state index in [2.05, 4.69) is 26.0 Å². The monoisotopic (exact) mass is 574 g/mol. The number of urea groups is 1.